The van der Waals surface area contributed by atoms with Crippen LogP contribution in [0, 0.1) is 0 Å². The van der Waals surface area contributed by atoms with Gasteiger partial charge in [-0.2, -0.15) is 0 Å². The Labute approximate surface area is 148 Å². The Hall–Kier alpha value is -0.220. The van der Waals surface area contributed by atoms with Gasteiger partial charge in [0, 0.05) is 10.0 Å². The molecule has 0 bridgehead atoms. The molecular weight excluding hydrogens is 398 g/mol. The van der Waals surface area contributed by atoms with Gasteiger partial charge < -0.3 is 4.74 Å². The number of ether oxygens (including phenoxy) is 1. The lowest BCUT2D eigenvalue weighted by molar-refractivity contribution is -0.150. The van der Waals surface area contributed by atoms with Gasteiger partial charge in [0.25, 0.3) is 0 Å². The molecular formula is C15H16BrCl3O2. The molecule has 0 unspecified atom stereocenters. The van der Waals surface area contributed by atoms with Crippen LogP contribution in [0.4, 0.5) is 0 Å². The fraction of sp³-hybridized carbons (Fsp3) is 0.400. The molecule has 1 aromatic rings. The van der Waals surface area contributed by atoms with Crippen LogP contribution in [-0.2, 0) is 9.53 Å². The fourth-order valence-electron chi connectivity index (χ4n) is 1.70. The molecule has 0 aliphatic carbocycles. The summed E-state index contributed by atoms with van der Waals surface area (Å²) in [6, 6.07) is 7.15. The lowest BCUT2D eigenvalue weighted by Crippen LogP contribution is -2.29. The zero-order chi connectivity index (χ0) is 16.4. The van der Waals surface area contributed by atoms with Gasteiger partial charge in [0.15, 0.2) is 0 Å². The quantitative estimate of drug-likeness (QED) is 0.355. The second-order valence-electron chi connectivity index (χ2n) is 5.55. The van der Waals surface area contributed by atoms with Crippen LogP contribution >= 0.6 is 50.7 Å². The summed E-state index contributed by atoms with van der Waals surface area (Å²) < 4.78 is 4.48. The molecule has 6 heteroatoms. The van der Waals surface area contributed by atoms with Gasteiger partial charge in [0.1, 0.15) is 5.60 Å². The summed E-state index contributed by atoms with van der Waals surface area (Å²) >= 11 is 21.4. The van der Waals surface area contributed by atoms with Crippen molar-refractivity contribution < 1.29 is 9.53 Å². The van der Waals surface area contributed by atoms with Crippen molar-refractivity contribution in [2.24, 2.45) is 0 Å². The van der Waals surface area contributed by atoms with E-state index in [1.807, 2.05) is 0 Å². The van der Waals surface area contributed by atoms with Gasteiger partial charge in [0.2, 0.25) is 3.79 Å². The third-order valence-electron chi connectivity index (χ3n) is 2.54. The van der Waals surface area contributed by atoms with Gasteiger partial charge in [-0.3, -0.25) is 0 Å². The number of halogens is 4. The van der Waals surface area contributed by atoms with Crippen LogP contribution in [0.5, 0.6) is 0 Å². The first-order valence-electron chi connectivity index (χ1n) is 6.16. The third kappa shape index (κ3) is 5.82. The molecule has 0 amide bonds. The molecule has 0 N–H and O–H groups in total. The molecule has 0 aromatic heterocycles. The van der Waals surface area contributed by atoms with Gasteiger partial charge >= 0.3 is 5.97 Å². The van der Waals surface area contributed by atoms with Crippen LogP contribution in [0.1, 0.15) is 32.3 Å². The van der Waals surface area contributed by atoms with Gasteiger partial charge in [-0.25, -0.2) is 4.79 Å². The predicted molar refractivity (Wildman–Crippen MR) is 92.2 cm³/mol. The molecule has 0 aliphatic rings. The molecule has 1 rings (SSSR count). The Bertz CT molecular complexity index is 527. The first kappa shape index (κ1) is 18.8. The summed E-state index contributed by atoms with van der Waals surface area (Å²) in [5.74, 6) is -1.37. The summed E-state index contributed by atoms with van der Waals surface area (Å²) in [5, 5.41) is 0. The van der Waals surface area contributed by atoms with Crippen molar-refractivity contribution in [3.63, 3.8) is 0 Å². The highest BCUT2D eigenvalue weighted by Gasteiger charge is 2.39. The number of hydrogen-bond donors (Lipinski definition) is 0. The van der Waals surface area contributed by atoms with Crippen LogP contribution in [0.25, 0.3) is 0 Å². The number of alkyl halides is 3. The summed E-state index contributed by atoms with van der Waals surface area (Å²) in [4.78, 5) is 12.2. The zero-order valence-corrected chi connectivity index (χ0v) is 15.8. The molecule has 2 nitrogen and oxygen atoms in total. The number of carbonyl (C=O) groups is 1. The smallest absolute Gasteiger partial charge is 0.334 e. The Morgan fingerprint density at radius 1 is 1.19 bits per heavy atom. The molecule has 0 heterocycles. The minimum atomic E-state index is -1.71. The van der Waals surface area contributed by atoms with Gasteiger partial charge in [-0.15, -0.1) is 0 Å². The maximum Gasteiger partial charge on any atom is 0.334 e. The van der Waals surface area contributed by atoms with Crippen molar-refractivity contribution in [2.75, 3.05) is 0 Å². The summed E-state index contributed by atoms with van der Waals surface area (Å²) in [7, 11) is 0. The van der Waals surface area contributed by atoms with Crippen molar-refractivity contribution in [2.45, 2.75) is 36.1 Å². The van der Waals surface area contributed by atoms with E-state index in [2.05, 4.69) is 22.5 Å². The third-order valence-corrected chi connectivity index (χ3v) is 3.72. The van der Waals surface area contributed by atoms with Crippen LogP contribution in [0.3, 0.4) is 0 Å². The molecule has 0 spiro atoms. The summed E-state index contributed by atoms with van der Waals surface area (Å²) in [6.07, 6.45) is 0. The molecule has 1 aromatic carbocycles. The van der Waals surface area contributed by atoms with Crippen molar-refractivity contribution in [3.8, 4) is 0 Å². The minimum absolute atomic E-state index is 0.104. The lowest BCUT2D eigenvalue weighted by Gasteiger charge is -2.28. The molecule has 0 saturated heterocycles. The maximum atomic E-state index is 12.2. The number of carbonyl (C=O) groups excluding carboxylic acids is 1. The zero-order valence-electron chi connectivity index (χ0n) is 11.9. The molecule has 0 fully saturated rings. The first-order valence-corrected chi connectivity index (χ1v) is 8.09. The van der Waals surface area contributed by atoms with Gasteiger partial charge in [0.05, 0.1) is 5.92 Å². The highest BCUT2D eigenvalue weighted by Crippen LogP contribution is 2.46. The standard InChI is InChI=1S/C15H16BrCl3O2/c1-9(13(20)21-14(2,3)4)12(15(17,18)19)10-5-7-11(16)8-6-10/h5-8,12H,1H2,2-4H3/t12-/m1/s1. The number of benzene rings is 1. The number of hydrogen-bond acceptors (Lipinski definition) is 2. The average molecular weight is 415 g/mol. The maximum absolute atomic E-state index is 12.2. The SMILES string of the molecule is C=C(C(=O)OC(C)(C)C)[C@H](c1ccc(Br)cc1)C(Cl)(Cl)Cl. The van der Waals surface area contributed by atoms with E-state index in [-0.39, 0.29) is 5.57 Å². The summed E-state index contributed by atoms with van der Waals surface area (Å²) in [6.45, 7) is 9.06. The minimum Gasteiger partial charge on any atom is -0.457 e. The monoisotopic (exact) mass is 412 g/mol. The number of rotatable bonds is 3. The van der Waals surface area contributed by atoms with E-state index in [9.17, 15) is 4.79 Å². The van der Waals surface area contributed by atoms with Crippen LogP contribution in [0.15, 0.2) is 40.9 Å². The van der Waals surface area contributed by atoms with E-state index in [1.165, 1.54) is 0 Å². The van der Waals surface area contributed by atoms with Crippen LogP contribution in [-0.4, -0.2) is 15.4 Å². The molecule has 21 heavy (non-hydrogen) atoms. The molecule has 0 saturated carbocycles. The lowest BCUT2D eigenvalue weighted by atomic mass is 9.93. The van der Waals surface area contributed by atoms with E-state index in [4.69, 9.17) is 39.5 Å². The van der Waals surface area contributed by atoms with Crippen molar-refractivity contribution >= 4 is 56.7 Å². The second-order valence-corrected chi connectivity index (χ2v) is 8.84. The second kappa shape index (κ2) is 6.91. The van der Waals surface area contributed by atoms with E-state index < -0.39 is 21.3 Å². The molecule has 116 valence electrons. The largest absolute Gasteiger partial charge is 0.457 e. The normalized spacial score (nSPS) is 13.7. The highest BCUT2D eigenvalue weighted by molar-refractivity contribution is 9.10. The first-order chi connectivity index (χ1) is 9.42. The Kier molecular flexibility index (Phi) is 6.19. The van der Waals surface area contributed by atoms with E-state index in [0.29, 0.717) is 5.56 Å². The summed E-state index contributed by atoms with van der Waals surface area (Å²) in [5.41, 5.74) is 0.138. The Morgan fingerprint density at radius 3 is 2.05 bits per heavy atom. The van der Waals surface area contributed by atoms with E-state index in [0.717, 1.165) is 4.47 Å². The highest BCUT2D eigenvalue weighted by atomic mass is 79.9. The molecule has 0 radical (unpaired) electrons. The number of esters is 1. The Balaban J connectivity index is 3.12. The average Bonchev–Trinajstić information content (AvgIpc) is 2.27. The fourth-order valence-corrected chi connectivity index (χ4v) is 2.74. The molecule has 0 aliphatic heterocycles. The van der Waals surface area contributed by atoms with Gasteiger partial charge in [-0.1, -0.05) is 69.4 Å². The van der Waals surface area contributed by atoms with E-state index >= 15 is 0 Å². The van der Waals surface area contributed by atoms with Crippen LogP contribution in [0.2, 0.25) is 0 Å². The van der Waals surface area contributed by atoms with Gasteiger partial charge in [-0.05, 0) is 38.5 Å². The predicted octanol–water partition coefficient (Wildman–Crippen LogP) is 5.80. The molecule has 1 atom stereocenters. The van der Waals surface area contributed by atoms with Crippen molar-refractivity contribution in [1.29, 1.82) is 0 Å². The van der Waals surface area contributed by atoms with E-state index in [1.54, 1.807) is 45.0 Å². The topological polar surface area (TPSA) is 26.3 Å². The van der Waals surface area contributed by atoms with Crippen molar-refractivity contribution in [3.05, 3.63) is 46.5 Å². The Morgan fingerprint density at radius 2 is 1.67 bits per heavy atom. The van der Waals surface area contributed by atoms with Crippen LogP contribution < -0.4 is 0 Å². The van der Waals surface area contributed by atoms with Crippen molar-refractivity contribution in [1.82, 2.24) is 0 Å².